The molecule has 0 radical (unpaired) electrons. The van der Waals surface area contributed by atoms with Crippen molar-refractivity contribution in [3.63, 3.8) is 0 Å². The summed E-state index contributed by atoms with van der Waals surface area (Å²) < 4.78 is 1.34. The Kier molecular flexibility index (Phi) is 2.83. The van der Waals surface area contributed by atoms with Gasteiger partial charge in [-0.1, -0.05) is 24.3 Å². The molecule has 0 bridgehead atoms. The maximum atomic E-state index is 11.1. The number of nitrogens with zero attached hydrogens (tertiary/aromatic N) is 4. The maximum Gasteiger partial charge on any atom is 0.381 e. The van der Waals surface area contributed by atoms with Crippen LogP contribution in [0.25, 0.3) is 16.6 Å². The summed E-state index contributed by atoms with van der Waals surface area (Å²) in [5.74, 6) is -1.22. The van der Waals surface area contributed by atoms with Crippen molar-refractivity contribution in [2.75, 3.05) is 0 Å². The topological polar surface area (TPSA) is 111 Å². The Bertz CT molecular complexity index is 871. The molecule has 0 unspecified atom stereocenters. The zero-order valence-electron chi connectivity index (χ0n) is 10.5. The largest absolute Gasteiger partial charge is 0.477 e. The van der Waals surface area contributed by atoms with Crippen LogP contribution < -0.4 is 0 Å². The van der Waals surface area contributed by atoms with E-state index in [2.05, 4.69) is 9.97 Å². The van der Waals surface area contributed by atoms with Gasteiger partial charge in [-0.2, -0.15) is 0 Å². The molecule has 3 aromatic rings. The fourth-order valence-corrected chi connectivity index (χ4v) is 2.01. The van der Waals surface area contributed by atoms with E-state index in [1.54, 1.807) is 24.3 Å². The zero-order chi connectivity index (χ0) is 15.0. The molecule has 0 atom stereocenters. The second-order valence-electron chi connectivity index (χ2n) is 4.25. The quantitative estimate of drug-likeness (QED) is 0.581. The number of imidazole rings is 1. The number of carbonyl (C=O) groups is 1. The molecule has 1 N–H and O–H groups in total. The van der Waals surface area contributed by atoms with Gasteiger partial charge in [0.05, 0.1) is 0 Å². The van der Waals surface area contributed by atoms with Crippen molar-refractivity contribution in [2.45, 2.75) is 0 Å². The summed E-state index contributed by atoms with van der Waals surface area (Å²) in [6.07, 6.45) is 2.43. The molecule has 21 heavy (non-hydrogen) atoms. The van der Waals surface area contributed by atoms with Crippen LogP contribution in [0.15, 0.2) is 42.9 Å². The summed E-state index contributed by atoms with van der Waals surface area (Å²) in [7, 11) is 0. The van der Waals surface area contributed by atoms with Crippen LogP contribution in [-0.2, 0) is 0 Å². The van der Waals surface area contributed by atoms with E-state index in [0.29, 0.717) is 10.8 Å². The molecular weight excluding hydrogens is 276 g/mol. The highest BCUT2D eigenvalue weighted by Crippen LogP contribution is 2.23. The fraction of sp³-hybridized carbons (Fsp3) is 0. The summed E-state index contributed by atoms with van der Waals surface area (Å²) in [6, 6.07) is 8.51. The molecule has 104 valence electrons. The Morgan fingerprint density at radius 1 is 1.33 bits per heavy atom. The lowest BCUT2D eigenvalue weighted by molar-refractivity contribution is -0.389. The van der Waals surface area contributed by atoms with Crippen LogP contribution in [0, 0.1) is 10.1 Å². The minimum atomic E-state index is -1.17. The molecule has 8 heteroatoms. The molecule has 8 nitrogen and oxygen atoms in total. The lowest BCUT2D eigenvalue weighted by Crippen LogP contribution is -2.05. The molecule has 0 saturated heterocycles. The summed E-state index contributed by atoms with van der Waals surface area (Å²) in [5, 5.41) is 21.2. The highest BCUT2D eigenvalue weighted by Gasteiger charge is 2.16. The van der Waals surface area contributed by atoms with E-state index in [4.69, 9.17) is 5.11 Å². The number of rotatable bonds is 3. The number of hydrogen-bond donors (Lipinski definition) is 1. The van der Waals surface area contributed by atoms with Crippen LogP contribution in [0.1, 0.15) is 10.5 Å². The first kappa shape index (κ1) is 12.7. The first-order chi connectivity index (χ1) is 10.1. The number of aromatic nitrogens is 3. The Balaban J connectivity index is 2.28. The molecule has 3 rings (SSSR count). The van der Waals surface area contributed by atoms with Gasteiger partial charge in [-0.25, -0.2) is 9.78 Å². The Labute approximate surface area is 117 Å². The predicted octanol–water partition coefficient (Wildman–Crippen LogP) is 2.03. The van der Waals surface area contributed by atoms with Crippen molar-refractivity contribution in [1.82, 2.24) is 14.5 Å². The molecule has 0 saturated carbocycles. The van der Waals surface area contributed by atoms with Gasteiger partial charge in [0.1, 0.15) is 12.0 Å². The van der Waals surface area contributed by atoms with Crippen LogP contribution in [0.5, 0.6) is 0 Å². The van der Waals surface area contributed by atoms with E-state index in [1.807, 2.05) is 0 Å². The third kappa shape index (κ3) is 2.18. The number of carboxylic acid groups (broad SMARTS) is 1. The minimum absolute atomic E-state index is 0.139. The van der Waals surface area contributed by atoms with Crippen molar-refractivity contribution in [2.24, 2.45) is 0 Å². The van der Waals surface area contributed by atoms with Gasteiger partial charge in [-0.15, -0.1) is 0 Å². The predicted molar refractivity (Wildman–Crippen MR) is 72.5 cm³/mol. The molecule has 0 fully saturated rings. The third-order valence-corrected chi connectivity index (χ3v) is 2.94. The molecule has 0 aliphatic carbocycles. The van der Waals surface area contributed by atoms with Crippen molar-refractivity contribution in [3.8, 4) is 5.82 Å². The molecule has 0 aliphatic heterocycles. The number of pyridine rings is 1. The van der Waals surface area contributed by atoms with Gasteiger partial charge in [0.25, 0.3) is 0 Å². The first-order valence-corrected chi connectivity index (χ1v) is 5.88. The van der Waals surface area contributed by atoms with Crippen molar-refractivity contribution in [3.05, 3.63) is 58.7 Å². The highest BCUT2D eigenvalue weighted by atomic mass is 16.6. The number of fused-ring (bicyclic) bond motifs is 1. The molecule has 0 spiro atoms. The number of aromatic carboxylic acids is 1. The summed E-state index contributed by atoms with van der Waals surface area (Å²) in [4.78, 5) is 28.9. The fourth-order valence-electron chi connectivity index (χ4n) is 2.01. The summed E-state index contributed by atoms with van der Waals surface area (Å²) in [5.41, 5.74) is -0.139. The molecule has 0 amide bonds. The molecule has 0 aliphatic rings. The van der Waals surface area contributed by atoms with E-state index in [1.165, 1.54) is 23.2 Å². The number of nitro groups is 1. The number of benzene rings is 1. The number of hydrogen-bond acceptors (Lipinski definition) is 5. The standard InChI is InChI=1S/C13H8N4O4/c18-13(19)10-5-8-3-1-2-4-9(8)12(15-10)16-6-11(14-7-16)17(20)21/h1-7H,(H,18,19). The van der Waals surface area contributed by atoms with Crippen molar-refractivity contribution < 1.29 is 14.8 Å². The smallest absolute Gasteiger partial charge is 0.381 e. The van der Waals surface area contributed by atoms with Crippen molar-refractivity contribution in [1.29, 1.82) is 0 Å². The van der Waals surface area contributed by atoms with Gasteiger partial charge >= 0.3 is 11.8 Å². The van der Waals surface area contributed by atoms with Gasteiger partial charge in [0.15, 0.2) is 5.69 Å². The normalized spacial score (nSPS) is 10.7. The Morgan fingerprint density at radius 2 is 2.10 bits per heavy atom. The lowest BCUT2D eigenvalue weighted by Gasteiger charge is -2.06. The van der Waals surface area contributed by atoms with Crippen LogP contribution in [-0.4, -0.2) is 30.5 Å². The van der Waals surface area contributed by atoms with E-state index in [-0.39, 0.29) is 17.3 Å². The monoisotopic (exact) mass is 284 g/mol. The first-order valence-electron chi connectivity index (χ1n) is 5.88. The van der Waals surface area contributed by atoms with E-state index < -0.39 is 10.9 Å². The third-order valence-electron chi connectivity index (χ3n) is 2.94. The second-order valence-corrected chi connectivity index (χ2v) is 4.25. The van der Waals surface area contributed by atoms with Gasteiger partial charge in [0.2, 0.25) is 6.33 Å². The second kappa shape index (κ2) is 4.67. The molecule has 2 heterocycles. The Morgan fingerprint density at radius 3 is 2.76 bits per heavy atom. The molecule has 1 aromatic carbocycles. The van der Waals surface area contributed by atoms with Crippen LogP contribution in [0.2, 0.25) is 0 Å². The maximum absolute atomic E-state index is 11.1. The number of carboxylic acids is 1. The molecule has 2 aromatic heterocycles. The van der Waals surface area contributed by atoms with Gasteiger partial charge in [-0.05, 0) is 21.4 Å². The van der Waals surface area contributed by atoms with Crippen LogP contribution in [0.4, 0.5) is 5.82 Å². The lowest BCUT2D eigenvalue weighted by atomic mass is 10.1. The van der Waals surface area contributed by atoms with Crippen molar-refractivity contribution >= 4 is 22.6 Å². The van der Waals surface area contributed by atoms with Gasteiger partial charge in [0, 0.05) is 5.39 Å². The SMILES string of the molecule is O=C(O)c1cc2ccccc2c(-n2cnc([N+](=O)[O-])c2)n1. The van der Waals surface area contributed by atoms with Crippen LogP contribution in [0.3, 0.4) is 0 Å². The zero-order valence-corrected chi connectivity index (χ0v) is 10.5. The minimum Gasteiger partial charge on any atom is -0.477 e. The summed E-state index contributed by atoms with van der Waals surface area (Å²) >= 11 is 0. The van der Waals surface area contributed by atoms with E-state index >= 15 is 0 Å². The van der Waals surface area contributed by atoms with Gasteiger partial charge in [-0.3, -0.25) is 4.57 Å². The van der Waals surface area contributed by atoms with E-state index in [9.17, 15) is 14.9 Å². The Hall–Kier alpha value is -3.29. The van der Waals surface area contributed by atoms with Gasteiger partial charge < -0.3 is 15.2 Å². The highest BCUT2D eigenvalue weighted by molar-refractivity contribution is 5.95. The average Bonchev–Trinajstić information content (AvgIpc) is 2.96. The summed E-state index contributed by atoms with van der Waals surface area (Å²) in [6.45, 7) is 0. The van der Waals surface area contributed by atoms with E-state index in [0.717, 1.165) is 0 Å². The van der Waals surface area contributed by atoms with Crippen LogP contribution >= 0.6 is 0 Å². The molecular formula is C13H8N4O4. The average molecular weight is 284 g/mol.